The number of benzene rings is 2. The molecule has 3 nitrogen and oxygen atoms in total. The summed E-state index contributed by atoms with van der Waals surface area (Å²) in [6, 6.07) is 15.4. The molecule has 0 radical (unpaired) electrons. The van der Waals surface area contributed by atoms with Gasteiger partial charge in [-0.2, -0.15) is 0 Å². The van der Waals surface area contributed by atoms with E-state index in [1.165, 1.54) is 29.2 Å². The van der Waals surface area contributed by atoms with Gasteiger partial charge in [0.25, 0.3) is 0 Å². The lowest BCUT2D eigenvalue weighted by molar-refractivity contribution is -0.117. The van der Waals surface area contributed by atoms with Crippen LogP contribution in [0.4, 0.5) is 0 Å². The predicted molar refractivity (Wildman–Crippen MR) is 108 cm³/mol. The number of Topliss-reactive ketones (excluding diaryl/α,β-unsaturated/α-hetero) is 1. The molecule has 1 unspecified atom stereocenters. The molecule has 26 heavy (non-hydrogen) atoms. The Bertz CT molecular complexity index is 757. The number of rotatable bonds is 4. The predicted octanol–water partition coefficient (Wildman–Crippen LogP) is 4.93. The van der Waals surface area contributed by atoms with Crippen molar-refractivity contribution >= 4 is 29.0 Å². The molecule has 3 atom stereocenters. The fourth-order valence-electron chi connectivity index (χ4n) is 4.53. The van der Waals surface area contributed by atoms with Gasteiger partial charge in [0.1, 0.15) is 5.78 Å². The molecule has 1 saturated heterocycles. The molecule has 4 heteroatoms. The highest BCUT2D eigenvalue weighted by molar-refractivity contribution is 5.86. The van der Waals surface area contributed by atoms with Gasteiger partial charge in [-0.3, -0.25) is 9.69 Å². The Balaban J connectivity index is 0.00000196. The highest BCUT2D eigenvalue weighted by Crippen LogP contribution is 2.33. The van der Waals surface area contributed by atoms with Gasteiger partial charge in [-0.1, -0.05) is 55.3 Å². The smallest absolute Gasteiger partial charge is 0.148 e. The minimum Gasteiger partial charge on any atom is -0.369 e. The standard InChI is InChI=1S/C22H27NO2.ClH/c1-16(19-10-6-8-17-7-2-3-9-20(17)19)25-22-12-5-4-11-21(22)23-14-13-18(24)15-23;/h2-3,6-10,16,21-22H,4-5,11-15H2,1H3;1H/t16?,21-,22+;/m0./s1. The summed E-state index contributed by atoms with van der Waals surface area (Å²) in [5, 5.41) is 2.54. The molecule has 0 amide bonds. The first-order valence-corrected chi connectivity index (χ1v) is 9.61. The van der Waals surface area contributed by atoms with Crippen LogP contribution in [0.2, 0.25) is 0 Å². The van der Waals surface area contributed by atoms with Gasteiger partial charge < -0.3 is 4.74 Å². The summed E-state index contributed by atoms with van der Waals surface area (Å²) in [7, 11) is 0. The molecule has 2 aromatic carbocycles. The van der Waals surface area contributed by atoms with Gasteiger partial charge in [0, 0.05) is 19.0 Å². The molecule has 2 fully saturated rings. The van der Waals surface area contributed by atoms with Crippen LogP contribution in [0.15, 0.2) is 42.5 Å². The summed E-state index contributed by atoms with van der Waals surface area (Å²) in [4.78, 5) is 14.1. The minimum atomic E-state index is 0. The van der Waals surface area contributed by atoms with E-state index < -0.39 is 0 Å². The monoisotopic (exact) mass is 373 g/mol. The lowest BCUT2D eigenvalue weighted by Gasteiger charge is -2.38. The molecule has 140 valence electrons. The fourth-order valence-corrected chi connectivity index (χ4v) is 4.53. The summed E-state index contributed by atoms with van der Waals surface area (Å²) in [5.74, 6) is 0.381. The summed E-state index contributed by atoms with van der Waals surface area (Å²) < 4.78 is 6.59. The molecule has 2 aromatic rings. The molecule has 1 heterocycles. The van der Waals surface area contributed by atoms with Gasteiger partial charge in [-0.15, -0.1) is 12.4 Å². The summed E-state index contributed by atoms with van der Waals surface area (Å²) in [5.41, 5.74) is 1.26. The lowest BCUT2D eigenvalue weighted by Crippen LogP contribution is -2.46. The van der Waals surface area contributed by atoms with Crippen LogP contribution in [0.3, 0.4) is 0 Å². The zero-order valence-corrected chi connectivity index (χ0v) is 16.2. The Morgan fingerprint density at radius 2 is 1.85 bits per heavy atom. The van der Waals surface area contributed by atoms with E-state index in [0.717, 1.165) is 19.4 Å². The molecule has 1 aliphatic carbocycles. The Labute approximate surface area is 162 Å². The zero-order chi connectivity index (χ0) is 17.2. The number of carbonyl (C=O) groups excluding carboxylic acids is 1. The molecule has 0 bridgehead atoms. The third kappa shape index (κ3) is 3.95. The maximum Gasteiger partial charge on any atom is 0.148 e. The first-order chi connectivity index (χ1) is 12.2. The first-order valence-electron chi connectivity index (χ1n) is 9.61. The Morgan fingerprint density at radius 3 is 2.65 bits per heavy atom. The van der Waals surface area contributed by atoms with Crippen LogP contribution in [-0.4, -0.2) is 35.9 Å². The van der Waals surface area contributed by atoms with Crippen LogP contribution >= 0.6 is 12.4 Å². The van der Waals surface area contributed by atoms with Crippen LogP contribution in [-0.2, 0) is 9.53 Å². The van der Waals surface area contributed by atoms with Gasteiger partial charge in [0.15, 0.2) is 0 Å². The van der Waals surface area contributed by atoms with Crippen molar-refractivity contribution in [3.63, 3.8) is 0 Å². The Morgan fingerprint density at radius 1 is 1.08 bits per heavy atom. The highest BCUT2D eigenvalue weighted by atomic mass is 35.5. The quantitative estimate of drug-likeness (QED) is 0.761. The largest absolute Gasteiger partial charge is 0.369 e. The molecular weight excluding hydrogens is 346 g/mol. The molecule has 2 aliphatic rings. The van der Waals surface area contributed by atoms with E-state index in [4.69, 9.17) is 4.74 Å². The number of carbonyl (C=O) groups is 1. The van der Waals surface area contributed by atoms with Gasteiger partial charge >= 0.3 is 0 Å². The molecule has 1 aliphatic heterocycles. The minimum absolute atomic E-state index is 0. The third-order valence-corrected chi connectivity index (χ3v) is 5.83. The van der Waals surface area contributed by atoms with E-state index >= 15 is 0 Å². The summed E-state index contributed by atoms with van der Waals surface area (Å²) in [6.07, 6.45) is 5.74. The number of halogens is 1. The number of likely N-dealkylation sites (tertiary alicyclic amines) is 1. The molecule has 0 spiro atoms. The Hall–Kier alpha value is -1.42. The molecular formula is C22H28ClNO2. The second kappa shape index (κ2) is 8.51. The van der Waals surface area contributed by atoms with Crippen molar-refractivity contribution in [3.05, 3.63) is 48.0 Å². The highest BCUT2D eigenvalue weighted by Gasteiger charge is 2.35. The van der Waals surface area contributed by atoms with Crippen LogP contribution in [0.1, 0.15) is 50.7 Å². The van der Waals surface area contributed by atoms with Crippen molar-refractivity contribution in [3.8, 4) is 0 Å². The van der Waals surface area contributed by atoms with Gasteiger partial charge in [-0.05, 0) is 36.1 Å². The van der Waals surface area contributed by atoms with Crippen molar-refractivity contribution in [1.82, 2.24) is 4.90 Å². The van der Waals surface area contributed by atoms with E-state index in [1.54, 1.807) is 0 Å². The molecule has 0 N–H and O–H groups in total. The van der Waals surface area contributed by atoms with Crippen LogP contribution < -0.4 is 0 Å². The van der Waals surface area contributed by atoms with Crippen LogP contribution in [0.25, 0.3) is 10.8 Å². The maximum absolute atomic E-state index is 11.7. The van der Waals surface area contributed by atoms with Crippen LogP contribution in [0, 0.1) is 0 Å². The number of hydrogen-bond acceptors (Lipinski definition) is 3. The summed E-state index contributed by atoms with van der Waals surface area (Å²) >= 11 is 0. The number of ether oxygens (including phenoxy) is 1. The third-order valence-electron chi connectivity index (χ3n) is 5.83. The van der Waals surface area contributed by atoms with Gasteiger partial charge in [-0.25, -0.2) is 0 Å². The second-order valence-electron chi connectivity index (χ2n) is 7.50. The molecule has 1 saturated carbocycles. The zero-order valence-electron chi connectivity index (χ0n) is 15.4. The van der Waals surface area contributed by atoms with Crippen LogP contribution in [0.5, 0.6) is 0 Å². The number of fused-ring (bicyclic) bond motifs is 1. The SMILES string of the molecule is CC(O[C@@H]1CCCC[C@@H]1N1CCC(=O)C1)c1cccc2ccccc12.Cl. The van der Waals surface area contributed by atoms with E-state index in [1.807, 2.05) is 0 Å². The summed E-state index contributed by atoms with van der Waals surface area (Å²) in [6.45, 7) is 3.70. The van der Waals surface area contributed by atoms with Crippen molar-refractivity contribution in [2.24, 2.45) is 0 Å². The maximum atomic E-state index is 11.7. The fraction of sp³-hybridized carbons (Fsp3) is 0.500. The Kier molecular flexibility index (Phi) is 6.33. The average Bonchev–Trinajstić information content (AvgIpc) is 3.08. The van der Waals surface area contributed by atoms with Crippen molar-refractivity contribution in [1.29, 1.82) is 0 Å². The van der Waals surface area contributed by atoms with Crippen molar-refractivity contribution in [2.75, 3.05) is 13.1 Å². The van der Waals surface area contributed by atoms with E-state index in [0.29, 0.717) is 24.8 Å². The van der Waals surface area contributed by atoms with E-state index in [-0.39, 0.29) is 24.6 Å². The van der Waals surface area contributed by atoms with E-state index in [9.17, 15) is 4.79 Å². The number of ketones is 1. The topological polar surface area (TPSA) is 29.5 Å². The van der Waals surface area contributed by atoms with Gasteiger partial charge in [0.2, 0.25) is 0 Å². The number of hydrogen-bond donors (Lipinski definition) is 0. The molecule has 4 rings (SSSR count). The van der Waals surface area contributed by atoms with Crippen molar-refractivity contribution in [2.45, 2.75) is 57.3 Å². The van der Waals surface area contributed by atoms with E-state index in [2.05, 4.69) is 54.3 Å². The first kappa shape index (κ1) is 19.3. The second-order valence-corrected chi connectivity index (χ2v) is 7.50. The number of nitrogens with zero attached hydrogens (tertiary/aromatic N) is 1. The lowest BCUT2D eigenvalue weighted by atomic mass is 9.91. The normalized spacial score (nSPS) is 25.2. The van der Waals surface area contributed by atoms with Crippen molar-refractivity contribution < 1.29 is 9.53 Å². The molecule has 0 aromatic heterocycles. The van der Waals surface area contributed by atoms with Gasteiger partial charge in [0.05, 0.1) is 18.8 Å². The average molecular weight is 374 g/mol.